The normalized spacial score (nSPS) is 16.6. The van der Waals surface area contributed by atoms with Crippen LogP contribution in [0.4, 0.5) is 11.4 Å². The Bertz CT molecular complexity index is 1080. The number of anilines is 2. The van der Waals surface area contributed by atoms with Crippen LogP contribution in [-0.2, 0) is 5.41 Å². The summed E-state index contributed by atoms with van der Waals surface area (Å²) in [5.74, 6) is 0. The van der Waals surface area contributed by atoms with Crippen molar-refractivity contribution in [1.82, 2.24) is 0 Å². The van der Waals surface area contributed by atoms with Gasteiger partial charge < -0.3 is 5.32 Å². The van der Waals surface area contributed by atoms with Gasteiger partial charge in [-0.3, -0.25) is 0 Å². The van der Waals surface area contributed by atoms with Gasteiger partial charge in [-0.15, -0.1) is 0 Å². The van der Waals surface area contributed by atoms with Crippen LogP contribution in [0.3, 0.4) is 0 Å². The van der Waals surface area contributed by atoms with Crippen molar-refractivity contribution in [3.63, 3.8) is 0 Å². The maximum atomic E-state index is 3.59. The molecular weight excluding hydrogens is 338 g/mol. The van der Waals surface area contributed by atoms with Crippen molar-refractivity contribution < 1.29 is 0 Å². The lowest BCUT2D eigenvalue weighted by molar-refractivity contribution is 0.607. The zero-order valence-corrected chi connectivity index (χ0v) is 16.5. The smallest absolute Gasteiger partial charge is 0.0390 e. The molecule has 0 radical (unpaired) electrons. The zero-order chi connectivity index (χ0) is 19.1. The summed E-state index contributed by atoms with van der Waals surface area (Å²) in [5, 5.41) is 3.59. The van der Waals surface area contributed by atoms with Gasteiger partial charge in [-0.05, 0) is 64.9 Å². The minimum absolute atomic E-state index is 0.144. The third kappa shape index (κ3) is 2.79. The highest BCUT2D eigenvalue weighted by Gasteiger charge is 2.37. The van der Waals surface area contributed by atoms with Crippen LogP contribution in [0, 0.1) is 0 Å². The maximum Gasteiger partial charge on any atom is 0.0390 e. The molecule has 0 unspecified atom stereocenters. The molecule has 1 nitrogen and oxygen atoms in total. The lowest BCUT2D eigenvalue weighted by atomic mass is 9.78. The minimum Gasteiger partial charge on any atom is -0.356 e. The number of rotatable bonds is 3. The predicted octanol–water partition coefficient (Wildman–Crippen LogP) is 7.49. The van der Waals surface area contributed by atoms with Crippen molar-refractivity contribution in [2.45, 2.75) is 32.1 Å². The molecular formula is C27H25N. The molecule has 2 aliphatic carbocycles. The first kappa shape index (κ1) is 17.1. The average Bonchev–Trinajstić information content (AvgIpc) is 2.96. The number of allylic oxidation sites excluding steroid dienone is 4. The van der Waals surface area contributed by atoms with Crippen molar-refractivity contribution in [2.24, 2.45) is 0 Å². The molecule has 1 N–H and O–H groups in total. The van der Waals surface area contributed by atoms with E-state index in [1.165, 1.54) is 34.2 Å². The van der Waals surface area contributed by atoms with Crippen molar-refractivity contribution in [1.29, 1.82) is 0 Å². The SMILES string of the molecule is CC1(C)C2=C(C=CCC2)c2cc(Nc3ccc(-c4ccccc4)cc3)ccc21. The van der Waals surface area contributed by atoms with Gasteiger partial charge in [0.25, 0.3) is 0 Å². The number of benzene rings is 3. The van der Waals surface area contributed by atoms with Gasteiger partial charge in [-0.2, -0.15) is 0 Å². The molecule has 0 atom stereocenters. The first-order valence-electron chi connectivity index (χ1n) is 10.1. The Balaban J connectivity index is 1.43. The summed E-state index contributed by atoms with van der Waals surface area (Å²) in [4.78, 5) is 0. The van der Waals surface area contributed by atoms with E-state index in [1.54, 1.807) is 5.57 Å². The topological polar surface area (TPSA) is 12.0 Å². The Labute approximate surface area is 167 Å². The highest BCUT2D eigenvalue weighted by molar-refractivity contribution is 5.88. The van der Waals surface area contributed by atoms with Gasteiger partial charge in [-0.1, -0.05) is 80.1 Å². The average molecular weight is 364 g/mol. The van der Waals surface area contributed by atoms with Crippen LogP contribution >= 0.6 is 0 Å². The van der Waals surface area contributed by atoms with Gasteiger partial charge in [0.2, 0.25) is 0 Å². The molecule has 28 heavy (non-hydrogen) atoms. The largest absolute Gasteiger partial charge is 0.356 e. The van der Waals surface area contributed by atoms with Gasteiger partial charge in [0.1, 0.15) is 0 Å². The summed E-state index contributed by atoms with van der Waals surface area (Å²) >= 11 is 0. The molecule has 0 amide bonds. The Morgan fingerprint density at radius 1 is 0.786 bits per heavy atom. The molecule has 2 aliphatic rings. The van der Waals surface area contributed by atoms with Crippen LogP contribution in [0.5, 0.6) is 0 Å². The van der Waals surface area contributed by atoms with E-state index >= 15 is 0 Å². The molecule has 138 valence electrons. The van der Waals surface area contributed by atoms with Gasteiger partial charge in [0.15, 0.2) is 0 Å². The standard InChI is InChI=1S/C27H25N/c1-27(2)25-11-7-6-10-23(25)24-18-22(16-17-26(24)27)28-21-14-12-20(13-15-21)19-8-4-3-5-9-19/h3-6,8-10,12-18,28H,7,11H2,1-2H3. The van der Waals surface area contributed by atoms with Crippen LogP contribution in [0.2, 0.25) is 0 Å². The first-order chi connectivity index (χ1) is 13.6. The van der Waals surface area contributed by atoms with Gasteiger partial charge in [0, 0.05) is 16.8 Å². The number of hydrogen-bond donors (Lipinski definition) is 1. The predicted molar refractivity (Wildman–Crippen MR) is 120 cm³/mol. The fourth-order valence-corrected chi connectivity index (χ4v) is 4.66. The summed E-state index contributed by atoms with van der Waals surface area (Å²) in [6, 6.07) is 26.0. The van der Waals surface area contributed by atoms with Crippen LogP contribution < -0.4 is 5.32 Å². The lowest BCUT2D eigenvalue weighted by Crippen LogP contribution is -2.17. The quantitative estimate of drug-likeness (QED) is 0.508. The van der Waals surface area contributed by atoms with Crippen LogP contribution in [0.15, 0.2) is 90.5 Å². The summed E-state index contributed by atoms with van der Waals surface area (Å²) in [6.07, 6.45) is 6.98. The number of nitrogens with one attached hydrogen (secondary N) is 1. The van der Waals surface area contributed by atoms with Gasteiger partial charge >= 0.3 is 0 Å². The van der Waals surface area contributed by atoms with E-state index < -0.39 is 0 Å². The molecule has 3 aromatic carbocycles. The molecule has 1 heteroatoms. The molecule has 0 aliphatic heterocycles. The van der Waals surface area contributed by atoms with Crippen molar-refractivity contribution in [3.05, 3.63) is 102 Å². The first-order valence-corrected chi connectivity index (χ1v) is 10.1. The highest BCUT2D eigenvalue weighted by Crippen LogP contribution is 2.50. The van der Waals surface area contributed by atoms with E-state index in [0.717, 1.165) is 17.8 Å². The molecule has 0 heterocycles. The third-order valence-electron chi connectivity index (χ3n) is 6.19. The molecule has 0 aromatic heterocycles. The monoisotopic (exact) mass is 363 g/mol. The molecule has 0 saturated carbocycles. The Morgan fingerprint density at radius 3 is 2.29 bits per heavy atom. The van der Waals surface area contributed by atoms with Crippen LogP contribution in [0.1, 0.15) is 37.8 Å². The second-order valence-electron chi connectivity index (χ2n) is 8.29. The van der Waals surface area contributed by atoms with E-state index in [1.807, 2.05) is 0 Å². The Morgan fingerprint density at radius 2 is 1.50 bits per heavy atom. The number of hydrogen-bond acceptors (Lipinski definition) is 1. The summed E-state index contributed by atoms with van der Waals surface area (Å²) < 4.78 is 0. The summed E-state index contributed by atoms with van der Waals surface area (Å²) in [7, 11) is 0. The Kier molecular flexibility index (Phi) is 3.98. The molecule has 5 rings (SSSR count). The van der Waals surface area contributed by atoms with E-state index in [2.05, 4.69) is 104 Å². The third-order valence-corrected chi connectivity index (χ3v) is 6.19. The van der Waals surface area contributed by atoms with E-state index in [4.69, 9.17) is 0 Å². The molecule has 3 aromatic rings. The van der Waals surface area contributed by atoms with Gasteiger partial charge in [0.05, 0.1) is 0 Å². The summed E-state index contributed by atoms with van der Waals surface area (Å²) in [6.45, 7) is 4.73. The van der Waals surface area contributed by atoms with Gasteiger partial charge in [-0.25, -0.2) is 0 Å². The Hall–Kier alpha value is -3.06. The fraction of sp³-hybridized carbons (Fsp3) is 0.185. The number of fused-ring (bicyclic) bond motifs is 2. The van der Waals surface area contributed by atoms with Crippen molar-refractivity contribution in [2.75, 3.05) is 5.32 Å². The minimum atomic E-state index is 0.144. The maximum absolute atomic E-state index is 3.59. The molecule has 0 spiro atoms. The fourth-order valence-electron chi connectivity index (χ4n) is 4.66. The highest BCUT2D eigenvalue weighted by atomic mass is 14.9. The van der Waals surface area contributed by atoms with Crippen LogP contribution in [0.25, 0.3) is 16.7 Å². The van der Waals surface area contributed by atoms with E-state index in [-0.39, 0.29) is 5.41 Å². The molecule has 0 saturated heterocycles. The molecule has 0 bridgehead atoms. The second-order valence-corrected chi connectivity index (χ2v) is 8.29. The van der Waals surface area contributed by atoms with Crippen molar-refractivity contribution in [3.8, 4) is 11.1 Å². The van der Waals surface area contributed by atoms with E-state index in [9.17, 15) is 0 Å². The zero-order valence-electron chi connectivity index (χ0n) is 16.5. The lowest BCUT2D eigenvalue weighted by Gasteiger charge is -2.25. The summed E-state index contributed by atoms with van der Waals surface area (Å²) in [5.41, 5.74) is 10.8. The second kappa shape index (κ2) is 6.53. The van der Waals surface area contributed by atoms with Crippen molar-refractivity contribution >= 4 is 16.9 Å². The van der Waals surface area contributed by atoms with Crippen LogP contribution in [-0.4, -0.2) is 0 Å². The van der Waals surface area contributed by atoms with E-state index in [0.29, 0.717) is 0 Å². The molecule has 0 fully saturated rings.